The Balaban J connectivity index is 1.82. The average molecular weight is 296 g/mol. The second kappa shape index (κ2) is 7.03. The Bertz CT molecular complexity index is 530. The molecule has 7 heteroatoms. The summed E-state index contributed by atoms with van der Waals surface area (Å²) in [5, 5.41) is 2.75. The second-order valence-electron chi connectivity index (χ2n) is 4.76. The van der Waals surface area contributed by atoms with Crippen molar-refractivity contribution in [2.24, 2.45) is 0 Å². The van der Waals surface area contributed by atoms with Crippen LogP contribution in [-0.4, -0.2) is 37.7 Å². The van der Waals surface area contributed by atoms with Crippen LogP contribution in [0.2, 0.25) is 0 Å². The number of hydrogen-bond acceptors (Lipinski definition) is 5. The quantitative estimate of drug-likeness (QED) is 0.635. The minimum absolute atomic E-state index is 0.0317. The molecule has 21 heavy (non-hydrogen) atoms. The largest absolute Gasteiger partial charge is 0.452 e. The molecule has 1 heterocycles. The normalized spacial score (nSPS) is 15.5. The van der Waals surface area contributed by atoms with Gasteiger partial charge in [0.15, 0.2) is 6.61 Å². The lowest BCUT2D eigenvalue weighted by atomic mass is 10.1. The molecule has 1 aromatic rings. The molecule has 0 radical (unpaired) electrons. The summed E-state index contributed by atoms with van der Waals surface area (Å²) in [5.74, 6) is -1.82. The topological polar surface area (TPSA) is 90.7 Å². The highest BCUT2D eigenvalue weighted by atomic mass is 19.1. The molecule has 0 aromatic heterocycles. The van der Waals surface area contributed by atoms with Crippen LogP contribution in [0.4, 0.5) is 10.1 Å². The molecule has 0 bridgehead atoms. The van der Waals surface area contributed by atoms with E-state index in [1.54, 1.807) is 0 Å². The lowest BCUT2D eigenvalue weighted by Crippen LogP contribution is -2.41. The van der Waals surface area contributed by atoms with Gasteiger partial charge in [-0.15, -0.1) is 0 Å². The van der Waals surface area contributed by atoms with E-state index in [1.165, 1.54) is 6.07 Å². The first kappa shape index (κ1) is 15.2. The van der Waals surface area contributed by atoms with Gasteiger partial charge in [0.2, 0.25) is 0 Å². The summed E-state index contributed by atoms with van der Waals surface area (Å²) in [6.07, 6.45) is 1.47. The molecule has 2 rings (SSSR count). The Kier molecular flexibility index (Phi) is 5.10. The predicted molar refractivity (Wildman–Crippen MR) is 73.1 cm³/mol. The number of amides is 1. The summed E-state index contributed by atoms with van der Waals surface area (Å²) in [4.78, 5) is 23.4. The zero-order chi connectivity index (χ0) is 15.2. The highest BCUT2D eigenvalue weighted by Crippen LogP contribution is 2.14. The van der Waals surface area contributed by atoms with Crippen molar-refractivity contribution in [2.45, 2.75) is 18.9 Å². The fraction of sp³-hybridized carbons (Fsp3) is 0.429. The minimum atomic E-state index is -0.825. The van der Waals surface area contributed by atoms with Crippen LogP contribution in [0.1, 0.15) is 23.2 Å². The van der Waals surface area contributed by atoms with Crippen molar-refractivity contribution in [2.75, 3.05) is 25.6 Å². The van der Waals surface area contributed by atoms with Gasteiger partial charge in [-0.05, 0) is 31.0 Å². The molecule has 1 aliphatic rings. The number of nitrogen functional groups attached to an aromatic ring is 1. The van der Waals surface area contributed by atoms with E-state index in [0.29, 0.717) is 13.2 Å². The molecule has 114 valence electrons. The van der Waals surface area contributed by atoms with E-state index in [-0.39, 0.29) is 17.3 Å². The summed E-state index contributed by atoms with van der Waals surface area (Å²) in [6.45, 7) is 0.779. The van der Waals surface area contributed by atoms with Crippen molar-refractivity contribution < 1.29 is 23.5 Å². The van der Waals surface area contributed by atoms with E-state index in [9.17, 15) is 14.0 Å². The third-order valence-corrected chi connectivity index (χ3v) is 3.16. The van der Waals surface area contributed by atoms with Gasteiger partial charge in [0, 0.05) is 24.9 Å². The van der Waals surface area contributed by atoms with Crippen LogP contribution in [-0.2, 0) is 14.3 Å². The van der Waals surface area contributed by atoms with Gasteiger partial charge in [-0.2, -0.15) is 0 Å². The van der Waals surface area contributed by atoms with E-state index >= 15 is 0 Å². The van der Waals surface area contributed by atoms with Crippen LogP contribution in [0, 0.1) is 5.82 Å². The number of nitrogens with two attached hydrogens (primary N) is 1. The van der Waals surface area contributed by atoms with Crippen LogP contribution in [0.5, 0.6) is 0 Å². The Morgan fingerprint density at radius 1 is 1.38 bits per heavy atom. The van der Waals surface area contributed by atoms with Crippen LogP contribution in [0.3, 0.4) is 0 Å². The maximum Gasteiger partial charge on any atom is 0.340 e. The lowest BCUT2D eigenvalue weighted by molar-refractivity contribution is -0.125. The van der Waals surface area contributed by atoms with E-state index in [2.05, 4.69) is 5.32 Å². The van der Waals surface area contributed by atoms with Crippen molar-refractivity contribution in [3.05, 3.63) is 29.6 Å². The van der Waals surface area contributed by atoms with E-state index in [0.717, 1.165) is 25.0 Å². The standard InChI is InChI=1S/C14H17FN2O4/c15-9-1-2-12(16)11(7-9)14(19)21-8-13(18)17-10-3-5-20-6-4-10/h1-2,7,10H,3-6,8,16H2,(H,17,18). The monoisotopic (exact) mass is 296 g/mol. The van der Waals surface area contributed by atoms with Crippen LogP contribution in [0.25, 0.3) is 0 Å². The minimum Gasteiger partial charge on any atom is -0.452 e. The Hall–Kier alpha value is -2.15. The van der Waals surface area contributed by atoms with E-state index < -0.39 is 24.3 Å². The molecule has 1 saturated heterocycles. The number of carbonyl (C=O) groups excluding carboxylic acids is 2. The zero-order valence-electron chi connectivity index (χ0n) is 11.4. The molecule has 0 spiro atoms. The average Bonchev–Trinajstić information content (AvgIpc) is 2.48. The Morgan fingerprint density at radius 2 is 2.10 bits per heavy atom. The fourth-order valence-corrected chi connectivity index (χ4v) is 2.03. The van der Waals surface area contributed by atoms with Gasteiger partial charge in [0.25, 0.3) is 5.91 Å². The zero-order valence-corrected chi connectivity index (χ0v) is 11.4. The SMILES string of the molecule is Nc1ccc(F)cc1C(=O)OCC(=O)NC1CCOCC1. The lowest BCUT2D eigenvalue weighted by Gasteiger charge is -2.22. The van der Waals surface area contributed by atoms with Crippen molar-refractivity contribution >= 4 is 17.6 Å². The first-order valence-electron chi connectivity index (χ1n) is 6.65. The maximum atomic E-state index is 13.1. The number of halogens is 1. The first-order chi connectivity index (χ1) is 10.1. The number of hydrogen-bond donors (Lipinski definition) is 2. The van der Waals surface area contributed by atoms with Crippen LogP contribution < -0.4 is 11.1 Å². The van der Waals surface area contributed by atoms with Gasteiger partial charge < -0.3 is 20.5 Å². The van der Waals surface area contributed by atoms with E-state index in [4.69, 9.17) is 15.2 Å². The summed E-state index contributed by atoms with van der Waals surface area (Å²) >= 11 is 0. The fourth-order valence-electron chi connectivity index (χ4n) is 2.03. The van der Waals surface area contributed by atoms with Crippen molar-refractivity contribution in [3.63, 3.8) is 0 Å². The van der Waals surface area contributed by atoms with Gasteiger partial charge in [-0.3, -0.25) is 4.79 Å². The molecular weight excluding hydrogens is 279 g/mol. The molecule has 1 fully saturated rings. The maximum absolute atomic E-state index is 13.1. The molecule has 0 atom stereocenters. The number of rotatable bonds is 4. The van der Waals surface area contributed by atoms with Gasteiger partial charge in [0.1, 0.15) is 5.82 Å². The molecule has 1 amide bonds. The van der Waals surface area contributed by atoms with Crippen LogP contribution in [0.15, 0.2) is 18.2 Å². The highest BCUT2D eigenvalue weighted by Gasteiger charge is 2.18. The van der Waals surface area contributed by atoms with Crippen LogP contribution >= 0.6 is 0 Å². The third kappa shape index (κ3) is 4.42. The number of anilines is 1. The van der Waals surface area contributed by atoms with Gasteiger partial charge in [-0.1, -0.05) is 0 Å². The summed E-state index contributed by atoms with van der Waals surface area (Å²) in [6, 6.07) is 3.43. The number of ether oxygens (including phenoxy) is 2. The summed E-state index contributed by atoms with van der Waals surface area (Å²) < 4.78 is 23.1. The van der Waals surface area contributed by atoms with Gasteiger partial charge >= 0.3 is 5.97 Å². The second-order valence-corrected chi connectivity index (χ2v) is 4.76. The summed E-state index contributed by atoms with van der Waals surface area (Å²) in [7, 11) is 0. The molecule has 1 aromatic carbocycles. The molecular formula is C14H17FN2O4. The summed E-state index contributed by atoms with van der Waals surface area (Å²) in [5.41, 5.74) is 5.58. The first-order valence-corrected chi connectivity index (χ1v) is 6.65. The molecule has 6 nitrogen and oxygen atoms in total. The molecule has 3 N–H and O–H groups in total. The van der Waals surface area contributed by atoms with Crippen molar-refractivity contribution in [1.82, 2.24) is 5.32 Å². The van der Waals surface area contributed by atoms with Gasteiger partial charge in [-0.25, -0.2) is 9.18 Å². The number of carbonyl (C=O) groups is 2. The van der Waals surface area contributed by atoms with Crippen molar-refractivity contribution in [3.8, 4) is 0 Å². The van der Waals surface area contributed by atoms with Crippen molar-refractivity contribution in [1.29, 1.82) is 0 Å². The third-order valence-electron chi connectivity index (χ3n) is 3.16. The molecule has 0 unspecified atom stereocenters. The smallest absolute Gasteiger partial charge is 0.340 e. The Labute approximate surface area is 121 Å². The number of nitrogens with one attached hydrogen (secondary N) is 1. The molecule has 0 aliphatic carbocycles. The highest BCUT2D eigenvalue weighted by molar-refractivity contribution is 5.96. The number of benzene rings is 1. The predicted octanol–water partition coefficient (Wildman–Crippen LogP) is 0.860. The molecule has 1 aliphatic heterocycles. The Morgan fingerprint density at radius 3 is 2.81 bits per heavy atom. The van der Waals surface area contributed by atoms with E-state index in [1.807, 2.05) is 0 Å². The number of esters is 1. The molecule has 0 saturated carbocycles. The van der Waals surface area contributed by atoms with Gasteiger partial charge in [0.05, 0.1) is 5.56 Å².